The third kappa shape index (κ3) is 16.3. The van der Waals surface area contributed by atoms with Crippen molar-refractivity contribution in [3.05, 3.63) is 12.7 Å². The van der Waals surface area contributed by atoms with Gasteiger partial charge < -0.3 is 60.8 Å². The lowest BCUT2D eigenvalue weighted by molar-refractivity contribution is -0.306. The molecule has 9 atom stereocenters. The third-order valence-corrected chi connectivity index (χ3v) is 13.2. The summed E-state index contributed by atoms with van der Waals surface area (Å²) in [5.41, 5.74) is 4.20. The van der Waals surface area contributed by atoms with Crippen LogP contribution in [-0.2, 0) is 55.5 Å². The van der Waals surface area contributed by atoms with Crippen LogP contribution in [0, 0.1) is 17.3 Å². The first-order valence-electron chi connectivity index (χ1n) is 18.5. The lowest BCUT2D eigenvalue weighted by Gasteiger charge is -2.30. The van der Waals surface area contributed by atoms with Gasteiger partial charge in [-0.3, -0.25) is 32.5 Å². The Morgan fingerprint density at radius 1 is 1.07 bits per heavy atom. The predicted octanol–water partition coefficient (Wildman–Crippen LogP) is -0.753. The number of phosphoric ester groups is 3. The summed E-state index contributed by atoms with van der Waals surface area (Å²) in [5.74, 6) is -3.64. The van der Waals surface area contributed by atoms with E-state index in [0.29, 0.717) is 6.42 Å². The fraction of sp³-hybridized carbons (Fsp3) is 0.710. The molecule has 3 rings (SSSR count). The molecule has 1 saturated heterocycles. The maximum absolute atomic E-state index is 12.7. The summed E-state index contributed by atoms with van der Waals surface area (Å²) in [6.07, 6.45) is -5.11. The number of imidazole rings is 1. The van der Waals surface area contributed by atoms with Gasteiger partial charge >= 0.3 is 23.5 Å². The molecule has 2 aromatic heterocycles. The van der Waals surface area contributed by atoms with E-state index in [1.54, 1.807) is 0 Å². The summed E-state index contributed by atoms with van der Waals surface area (Å²) in [7, 11) is -16.5. The minimum atomic E-state index is -5.60. The number of phosphoric acid groups is 3. The number of aliphatic carboxylic acids is 1. The highest BCUT2D eigenvalue weighted by Crippen LogP contribution is 2.61. The Kier molecular flexibility index (Phi) is 19.4. The van der Waals surface area contributed by atoms with Gasteiger partial charge in [0.05, 0.1) is 19.5 Å². The maximum Gasteiger partial charge on any atom is 0.481 e. The molecule has 0 aromatic carbocycles. The van der Waals surface area contributed by atoms with Gasteiger partial charge in [-0.05, 0) is 18.8 Å². The first-order valence-corrected chi connectivity index (χ1v) is 24.0. The van der Waals surface area contributed by atoms with Crippen molar-refractivity contribution in [3.8, 4) is 0 Å². The molecular formula is C31H51N7O19P3S-. The summed E-state index contributed by atoms with van der Waals surface area (Å²) in [5, 5.41) is 37.2. The molecule has 0 radical (unpaired) electrons. The molecule has 10 N–H and O–H groups in total. The highest BCUT2D eigenvalue weighted by atomic mass is 32.2. The van der Waals surface area contributed by atoms with Crippen molar-refractivity contribution in [2.24, 2.45) is 17.3 Å². The highest BCUT2D eigenvalue weighted by Gasteiger charge is 2.50. The van der Waals surface area contributed by atoms with Crippen molar-refractivity contribution < 1.29 is 90.4 Å². The van der Waals surface area contributed by atoms with Gasteiger partial charge in [-0.2, -0.15) is 4.31 Å². The number of hydrogen-bond acceptors (Lipinski definition) is 20. The normalized spacial score (nSPS) is 21.9. The fourth-order valence-corrected chi connectivity index (χ4v) is 9.58. The molecule has 0 bridgehead atoms. The number of carboxylic acid groups (broad SMARTS) is 1. The number of nitrogen functional groups attached to an aromatic ring is 1. The molecule has 26 nitrogen and oxygen atoms in total. The minimum Gasteiger partial charge on any atom is -0.550 e. The molecule has 2 amide bonds. The summed E-state index contributed by atoms with van der Waals surface area (Å²) >= 11 is 0.891. The number of ether oxygens (including phenoxy) is 1. The van der Waals surface area contributed by atoms with E-state index in [-0.39, 0.29) is 53.3 Å². The largest absolute Gasteiger partial charge is 0.550 e. The molecule has 0 spiro atoms. The number of amides is 2. The van der Waals surface area contributed by atoms with Gasteiger partial charge in [0.15, 0.2) is 22.8 Å². The van der Waals surface area contributed by atoms with E-state index in [2.05, 4.69) is 34.4 Å². The fourth-order valence-electron chi connectivity index (χ4n) is 5.81. The number of nitrogens with two attached hydrogens (primary N) is 1. The molecule has 3 heterocycles. The number of anilines is 1. The van der Waals surface area contributed by atoms with Gasteiger partial charge in [0.2, 0.25) is 11.8 Å². The SMILES string of the molecule is CCCCC(C)C(CC(=O)[O-])C(=O)SCCNC(=O)CCNC(=O)[C@H](O)C(C)(C)COP(=O)(O)OP(=O)(O)OC[C@H]1O[C@@H](n2cnc3c(N)ncnc32)[C@H](O)[C@@H]1OP(=O)(O)O. The molecule has 2 aromatic rings. The van der Waals surface area contributed by atoms with Gasteiger partial charge in [0, 0.05) is 42.6 Å². The van der Waals surface area contributed by atoms with E-state index in [4.69, 9.17) is 19.5 Å². The molecule has 1 aliphatic rings. The average Bonchev–Trinajstić information content (AvgIpc) is 3.72. The highest BCUT2D eigenvalue weighted by molar-refractivity contribution is 8.13. The van der Waals surface area contributed by atoms with Gasteiger partial charge in [-0.25, -0.2) is 28.6 Å². The molecule has 0 aliphatic carbocycles. The number of carbonyl (C=O) groups excluding carboxylic acids is 4. The molecular weight excluding hydrogens is 899 g/mol. The average molecular weight is 951 g/mol. The van der Waals surface area contributed by atoms with Gasteiger partial charge in [0.1, 0.15) is 36.3 Å². The van der Waals surface area contributed by atoms with Crippen LogP contribution in [0.5, 0.6) is 0 Å². The van der Waals surface area contributed by atoms with E-state index < -0.39 is 103 Å². The van der Waals surface area contributed by atoms with Crippen LogP contribution in [0.2, 0.25) is 0 Å². The Bertz CT molecular complexity index is 1990. The van der Waals surface area contributed by atoms with Crippen LogP contribution < -0.4 is 21.5 Å². The number of nitrogens with zero attached hydrogens (tertiary/aromatic N) is 4. The lowest BCUT2D eigenvalue weighted by Crippen LogP contribution is -2.46. The van der Waals surface area contributed by atoms with E-state index in [0.717, 1.165) is 41.8 Å². The van der Waals surface area contributed by atoms with Crippen LogP contribution in [0.3, 0.4) is 0 Å². The quantitative estimate of drug-likeness (QED) is 0.0414. The second kappa shape index (κ2) is 22.6. The van der Waals surface area contributed by atoms with Crippen molar-refractivity contribution >= 4 is 75.1 Å². The summed E-state index contributed by atoms with van der Waals surface area (Å²) in [4.78, 5) is 99.8. The number of thioether (sulfide) groups is 1. The Morgan fingerprint density at radius 3 is 2.38 bits per heavy atom. The summed E-state index contributed by atoms with van der Waals surface area (Å²) < 4.78 is 62.2. The van der Waals surface area contributed by atoms with Crippen molar-refractivity contribution in [1.29, 1.82) is 0 Å². The predicted molar refractivity (Wildman–Crippen MR) is 209 cm³/mol. The van der Waals surface area contributed by atoms with Crippen molar-refractivity contribution in [2.45, 2.75) is 90.4 Å². The maximum atomic E-state index is 12.7. The zero-order valence-electron chi connectivity index (χ0n) is 33.4. The number of aliphatic hydroxyl groups is 2. The molecule has 61 heavy (non-hydrogen) atoms. The van der Waals surface area contributed by atoms with Gasteiger partial charge in [-0.1, -0.05) is 52.3 Å². The standard InChI is InChI=1S/C31H52N7O19P3S/c1-5-6-7-17(2)18(12-21(40)41)30(45)61-11-10-33-20(39)8-9-34-28(44)25(43)31(3,4)14-54-60(51,52)57-59(49,50)53-13-19-24(56-58(46,47)48)23(42)29(55-19)38-16-37-22-26(32)35-15-36-27(22)38/h15-19,23-25,29,42-43H,5-14H2,1-4H3,(H,33,39)(H,34,44)(H,40,41)(H,49,50)(H,51,52)(H2,32,35,36)(H2,46,47,48)/p-1/t17?,18?,19-,23-,24-,25+,29-/m1/s1. The lowest BCUT2D eigenvalue weighted by atomic mass is 9.87. The minimum absolute atomic E-state index is 0.0190. The number of rotatable bonds is 26. The molecule has 30 heteroatoms. The zero-order chi connectivity index (χ0) is 45.9. The number of unbranched alkanes of at least 4 members (excludes halogenated alkanes) is 1. The van der Waals surface area contributed by atoms with Crippen LogP contribution in [0.4, 0.5) is 5.82 Å². The third-order valence-electron chi connectivity index (χ3n) is 9.14. The number of carboxylic acids is 1. The smallest absolute Gasteiger partial charge is 0.481 e. The number of nitrogens with one attached hydrogen (secondary N) is 2. The van der Waals surface area contributed by atoms with E-state index in [1.807, 2.05) is 13.8 Å². The summed E-state index contributed by atoms with van der Waals surface area (Å²) in [6, 6.07) is 0. The van der Waals surface area contributed by atoms with Crippen LogP contribution in [0.1, 0.15) is 66.0 Å². The Labute approximate surface area is 353 Å². The van der Waals surface area contributed by atoms with Crippen LogP contribution in [0.15, 0.2) is 12.7 Å². The molecule has 1 aliphatic heterocycles. The monoisotopic (exact) mass is 950 g/mol. The molecule has 1 fully saturated rings. The van der Waals surface area contributed by atoms with Crippen LogP contribution in [0.25, 0.3) is 11.2 Å². The van der Waals surface area contributed by atoms with Crippen LogP contribution >= 0.6 is 35.2 Å². The molecule has 4 unspecified atom stereocenters. The second-order valence-corrected chi connectivity index (χ2v) is 19.9. The zero-order valence-corrected chi connectivity index (χ0v) is 36.9. The molecule has 346 valence electrons. The van der Waals surface area contributed by atoms with E-state index in [9.17, 15) is 67.8 Å². The summed E-state index contributed by atoms with van der Waals surface area (Å²) in [6.45, 7) is 3.98. The first kappa shape index (κ1) is 52.4. The van der Waals surface area contributed by atoms with Crippen molar-refractivity contribution in [3.63, 3.8) is 0 Å². The first-order chi connectivity index (χ1) is 28.3. The van der Waals surface area contributed by atoms with Gasteiger partial charge in [0.25, 0.3) is 0 Å². The second-order valence-electron chi connectivity index (χ2n) is 14.5. The van der Waals surface area contributed by atoms with Crippen molar-refractivity contribution in [2.75, 3.05) is 37.8 Å². The topological polar surface area (TPSA) is 404 Å². The molecule has 0 saturated carbocycles. The van der Waals surface area contributed by atoms with E-state index >= 15 is 0 Å². The number of carbonyl (C=O) groups is 4. The van der Waals surface area contributed by atoms with E-state index in [1.165, 1.54) is 13.8 Å². The Balaban J connectivity index is 1.46. The number of fused-ring (bicyclic) bond motifs is 1. The number of aromatic nitrogens is 4. The van der Waals surface area contributed by atoms with Crippen LogP contribution in [-0.4, -0.2) is 129 Å². The van der Waals surface area contributed by atoms with Gasteiger partial charge in [-0.15, -0.1) is 0 Å². The number of aliphatic hydroxyl groups excluding tert-OH is 2. The Hall–Kier alpha value is -2.97. The number of hydrogen-bond donors (Lipinski definition) is 9. The van der Waals surface area contributed by atoms with Crippen molar-refractivity contribution in [1.82, 2.24) is 30.2 Å². The Morgan fingerprint density at radius 2 is 1.74 bits per heavy atom.